The smallest absolute Gasteiger partial charge is 0.411 e. The number of likely N-dealkylation sites (tertiary alicyclic amines) is 1. The summed E-state index contributed by atoms with van der Waals surface area (Å²) in [6.45, 7) is 5.44. The fourth-order valence-corrected chi connectivity index (χ4v) is 2.47. The Hall–Kier alpha value is -2.31. The van der Waals surface area contributed by atoms with E-state index in [2.05, 4.69) is 0 Å². The summed E-state index contributed by atoms with van der Waals surface area (Å²) < 4.78 is 28.8. The second-order valence-electron chi connectivity index (χ2n) is 6.60. The number of methoxy groups -OCH3 is 1. The molecule has 1 aromatic rings. The van der Waals surface area contributed by atoms with Gasteiger partial charge in [-0.2, -0.15) is 0 Å². The Morgan fingerprint density at radius 3 is 2.38 bits per heavy atom. The Morgan fingerprint density at radius 2 is 1.83 bits per heavy atom. The lowest BCUT2D eigenvalue weighted by Crippen LogP contribution is -2.44. The van der Waals surface area contributed by atoms with E-state index >= 15 is 0 Å². The van der Waals surface area contributed by atoms with Crippen molar-refractivity contribution in [2.45, 2.75) is 44.9 Å². The highest BCUT2D eigenvalue weighted by Crippen LogP contribution is 2.26. The number of rotatable bonds is 3. The van der Waals surface area contributed by atoms with Crippen LogP contribution in [0.15, 0.2) is 24.3 Å². The number of halogens is 1. The van der Waals surface area contributed by atoms with Crippen molar-refractivity contribution in [1.82, 2.24) is 4.90 Å². The van der Waals surface area contributed by atoms with Gasteiger partial charge in [0.2, 0.25) is 0 Å². The van der Waals surface area contributed by atoms with E-state index in [1.807, 2.05) is 0 Å². The quantitative estimate of drug-likeness (QED) is 0.792. The van der Waals surface area contributed by atoms with Crippen molar-refractivity contribution < 1.29 is 28.2 Å². The lowest BCUT2D eigenvalue weighted by atomic mass is 10.2. The summed E-state index contributed by atoms with van der Waals surface area (Å²) in [5.74, 6) is -0.418. The summed E-state index contributed by atoms with van der Waals surface area (Å²) in [4.78, 5) is 25.6. The van der Waals surface area contributed by atoms with Crippen LogP contribution < -0.4 is 4.74 Å². The first-order valence-corrected chi connectivity index (χ1v) is 7.69. The molecule has 1 heterocycles. The van der Waals surface area contributed by atoms with Crippen LogP contribution in [-0.2, 0) is 14.3 Å². The van der Waals surface area contributed by atoms with Gasteiger partial charge in [0.25, 0.3) is 0 Å². The molecule has 1 aliphatic rings. The van der Waals surface area contributed by atoms with Gasteiger partial charge in [-0.1, -0.05) is 0 Å². The number of nitrogens with zero attached hydrogens (tertiary/aromatic N) is 1. The van der Waals surface area contributed by atoms with Crippen LogP contribution in [0.2, 0.25) is 0 Å². The van der Waals surface area contributed by atoms with E-state index in [4.69, 9.17) is 14.2 Å². The van der Waals surface area contributed by atoms with Gasteiger partial charge in [0.1, 0.15) is 29.3 Å². The van der Waals surface area contributed by atoms with Gasteiger partial charge in [-0.3, -0.25) is 4.90 Å². The van der Waals surface area contributed by atoms with Crippen molar-refractivity contribution >= 4 is 12.1 Å². The molecule has 0 unspecified atom stereocenters. The van der Waals surface area contributed by atoms with Crippen LogP contribution in [0.25, 0.3) is 0 Å². The molecular weight excluding hydrogens is 317 g/mol. The lowest BCUT2D eigenvalue weighted by molar-refractivity contribution is -0.145. The summed E-state index contributed by atoms with van der Waals surface area (Å²) in [6, 6.07) is 4.80. The van der Waals surface area contributed by atoms with Crippen molar-refractivity contribution in [1.29, 1.82) is 0 Å². The predicted octanol–water partition coefficient (Wildman–Crippen LogP) is 2.76. The average Bonchev–Trinajstić information content (AvgIpc) is 2.91. The highest BCUT2D eigenvalue weighted by Gasteiger charge is 2.43. The van der Waals surface area contributed by atoms with E-state index in [0.717, 1.165) is 0 Å². The summed E-state index contributed by atoms with van der Waals surface area (Å²) >= 11 is 0. The Bertz CT molecular complexity index is 596. The fraction of sp³-hybridized carbons (Fsp3) is 0.529. The van der Waals surface area contributed by atoms with Gasteiger partial charge < -0.3 is 14.2 Å². The van der Waals surface area contributed by atoms with E-state index in [9.17, 15) is 14.0 Å². The molecule has 0 N–H and O–H groups in total. The predicted molar refractivity (Wildman–Crippen MR) is 84.2 cm³/mol. The topological polar surface area (TPSA) is 65.1 Å². The molecule has 1 saturated heterocycles. The number of esters is 1. The van der Waals surface area contributed by atoms with Crippen molar-refractivity contribution in [3.63, 3.8) is 0 Å². The van der Waals surface area contributed by atoms with E-state index in [1.165, 1.54) is 36.3 Å². The largest absolute Gasteiger partial charge is 0.488 e. The molecule has 2 atom stereocenters. The zero-order valence-electron chi connectivity index (χ0n) is 14.2. The highest BCUT2D eigenvalue weighted by molar-refractivity contribution is 5.82. The number of carbonyl (C=O) groups is 2. The maximum atomic E-state index is 13.0. The minimum absolute atomic E-state index is 0.187. The summed E-state index contributed by atoms with van der Waals surface area (Å²) in [6.07, 6.45) is -0.723. The maximum Gasteiger partial charge on any atom is 0.411 e. The minimum atomic E-state index is -0.768. The van der Waals surface area contributed by atoms with Gasteiger partial charge >= 0.3 is 12.1 Å². The Labute approximate surface area is 140 Å². The molecule has 0 spiro atoms. The molecule has 0 radical (unpaired) electrons. The van der Waals surface area contributed by atoms with Gasteiger partial charge in [-0.15, -0.1) is 0 Å². The van der Waals surface area contributed by atoms with E-state index in [0.29, 0.717) is 5.75 Å². The highest BCUT2D eigenvalue weighted by atomic mass is 19.1. The third kappa shape index (κ3) is 4.59. The number of hydrogen-bond donors (Lipinski definition) is 0. The van der Waals surface area contributed by atoms with Crippen LogP contribution in [0.5, 0.6) is 5.75 Å². The normalized spacial score (nSPS) is 20.6. The van der Waals surface area contributed by atoms with Crippen molar-refractivity contribution in [2.24, 2.45) is 0 Å². The van der Waals surface area contributed by atoms with E-state index in [-0.39, 0.29) is 18.8 Å². The molecule has 0 bridgehead atoms. The van der Waals surface area contributed by atoms with Gasteiger partial charge in [-0.05, 0) is 45.0 Å². The minimum Gasteiger partial charge on any atom is -0.488 e. The fourth-order valence-electron chi connectivity index (χ4n) is 2.47. The van der Waals surface area contributed by atoms with Crippen LogP contribution in [0.4, 0.5) is 9.18 Å². The molecule has 0 saturated carbocycles. The second-order valence-corrected chi connectivity index (χ2v) is 6.60. The number of amides is 1. The van der Waals surface area contributed by atoms with Gasteiger partial charge in [-0.25, -0.2) is 14.0 Å². The maximum absolute atomic E-state index is 13.0. The number of ether oxygens (including phenoxy) is 3. The third-order valence-electron chi connectivity index (χ3n) is 3.48. The zero-order valence-corrected chi connectivity index (χ0v) is 14.2. The van der Waals surface area contributed by atoms with Crippen molar-refractivity contribution in [3.05, 3.63) is 30.1 Å². The third-order valence-corrected chi connectivity index (χ3v) is 3.48. The number of hydrogen-bond acceptors (Lipinski definition) is 5. The SMILES string of the molecule is COC(=O)[C@@H]1C[C@H](Oc2ccc(F)cc2)CN1C(=O)OC(C)(C)C. The Kier molecular flexibility index (Phi) is 5.31. The van der Waals surface area contributed by atoms with Crippen LogP contribution >= 0.6 is 0 Å². The average molecular weight is 339 g/mol. The molecule has 1 aromatic carbocycles. The van der Waals surface area contributed by atoms with Gasteiger partial charge in [0.15, 0.2) is 0 Å². The first-order chi connectivity index (χ1) is 11.2. The van der Waals surface area contributed by atoms with Crippen LogP contribution in [0.1, 0.15) is 27.2 Å². The summed E-state index contributed by atoms with van der Waals surface area (Å²) in [7, 11) is 1.27. The molecule has 0 aromatic heterocycles. The van der Waals surface area contributed by atoms with Gasteiger partial charge in [0, 0.05) is 6.42 Å². The van der Waals surface area contributed by atoms with Crippen molar-refractivity contribution in [3.8, 4) is 5.75 Å². The molecule has 1 amide bonds. The second kappa shape index (κ2) is 7.07. The standard InChI is InChI=1S/C17H22FNO5/c1-17(2,3)24-16(21)19-10-13(9-14(19)15(20)22-4)23-12-7-5-11(18)6-8-12/h5-8,13-14H,9-10H2,1-4H3/t13-,14-/m0/s1. The molecule has 2 rings (SSSR count). The van der Waals surface area contributed by atoms with Crippen LogP contribution in [-0.4, -0.2) is 48.4 Å². The summed E-state index contributed by atoms with van der Waals surface area (Å²) in [5.41, 5.74) is -0.673. The summed E-state index contributed by atoms with van der Waals surface area (Å²) in [5, 5.41) is 0. The Morgan fingerprint density at radius 1 is 1.21 bits per heavy atom. The van der Waals surface area contributed by atoms with E-state index in [1.54, 1.807) is 20.8 Å². The number of carbonyl (C=O) groups excluding carboxylic acids is 2. The zero-order chi connectivity index (χ0) is 17.9. The molecule has 24 heavy (non-hydrogen) atoms. The molecule has 1 aliphatic heterocycles. The molecule has 0 aliphatic carbocycles. The molecule has 6 nitrogen and oxygen atoms in total. The van der Waals surface area contributed by atoms with Crippen LogP contribution in [0.3, 0.4) is 0 Å². The molecule has 1 fully saturated rings. The lowest BCUT2D eigenvalue weighted by Gasteiger charge is -2.27. The Balaban J connectivity index is 2.09. The number of benzene rings is 1. The van der Waals surface area contributed by atoms with E-state index < -0.39 is 29.8 Å². The molecule has 132 valence electrons. The van der Waals surface area contributed by atoms with Crippen molar-refractivity contribution in [2.75, 3.05) is 13.7 Å². The van der Waals surface area contributed by atoms with Crippen LogP contribution in [0, 0.1) is 5.82 Å². The first-order valence-electron chi connectivity index (χ1n) is 7.69. The molecule has 7 heteroatoms. The first kappa shape index (κ1) is 18.0. The van der Waals surface area contributed by atoms with Gasteiger partial charge in [0.05, 0.1) is 13.7 Å². The molecular formula is C17H22FNO5. The monoisotopic (exact) mass is 339 g/mol.